The number of fused-ring (bicyclic) bond motifs is 3. The molecular weight excluding hydrogens is 269 g/mol. The molecule has 1 aromatic heterocycles. The van der Waals surface area contributed by atoms with Gasteiger partial charge in [0.25, 0.3) is 5.56 Å². The Morgan fingerprint density at radius 1 is 1.10 bits per heavy atom. The lowest BCUT2D eigenvalue weighted by atomic mass is 10.1. The molecule has 0 fully saturated rings. The van der Waals surface area contributed by atoms with E-state index in [1.807, 2.05) is 30.3 Å². The first-order valence-electron chi connectivity index (χ1n) is 6.81. The van der Waals surface area contributed by atoms with Crippen LogP contribution in [0.2, 0.25) is 0 Å². The Balaban J connectivity index is 2.19. The third-order valence-corrected chi connectivity index (χ3v) is 3.79. The molecule has 0 saturated heterocycles. The summed E-state index contributed by atoms with van der Waals surface area (Å²) in [5, 5.41) is 0.644. The van der Waals surface area contributed by atoms with Gasteiger partial charge in [0, 0.05) is 17.5 Å². The number of aromatic nitrogens is 1. The van der Waals surface area contributed by atoms with Crippen molar-refractivity contribution >= 4 is 10.9 Å². The average Bonchev–Trinajstić information content (AvgIpc) is 2.99. The Morgan fingerprint density at radius 2 is 1.90 bits per heavy atom. The van der Waals surface area contributed by atoms with Crippen LogP contribution in [0.3, 0.4) is 0 Å². The number of benzene rings is 2. The quantitative estimate of drug-likeness (QED) is 0.686. The van der Waals surface area contributed by atoms with Gasteiger partial charge in [0.15, 0.2) is 0 Å². The first kappa shape index (κ1) is 12.1. The van der Waals surface area contributed by atoms with Crippen LogP contribution in [0, 0.1) is 5.82 Å². The van der Waals surface area contributed by atoms with E-state index in [9.17, 15) is 9.18 Å². The molecule has 0 aliphatic carbocycles. The molecule has 0 bridgehead atoms. The summed E-state index contributed by atoms with van der Waals surface area (Å²) < 4.78 is 20.8. The van der Waals surface area contributed by atoms with Gasteiger partial charge >= 0.3 is 0 Å². The van der Waals surface area contributed by atoms with E-state index in [4.69, 9.17) is 4.74 Å². The smallest absolute Gasteiger partial charge is 0.262 e. The van der Waals surface area contributed by atoms with Gasteiger partial charge in [-0.3, -0.25) is 9.36 Å². The van der Waals surface area contributed by atoms with Crippen LogP contribution < -0.4 is 10.3 Å². The van der Waals surface area contributed by atoms with Crippen LogP contribution in [0.25, 0.3) is 16.6 Å². The number of hydrogen-bond acceptors (Lipinski definition) is 2. The molecule has 1 aliphatic rings. The van der Waals surface area contributed by atoms with Gasteiger partial charge in [-0.15, -0.1) is 0 Å². The lowest BCUT2D eigenvalue weighted by Gasteiger charge is -2.13. The number of rotatable bonds is 1. The van der Waals surface area contributed by atoms with Gasteiger partial charge in [-0.2, -0.15) is 0 Å². The molecule has 4 heteroatoms. The maximum atomic E-state index is 13.6. The van der Waals surface area contributed by atoms with Crippen molar-refractivity contribution in [3.05, 3.63) is 70.3 Å². The minimum absolute atomic E-state index is 0.0900. The molecule has 4 rings (SSSR count). The van der Waals surface area contributed by atoms with Crippen LogP contribution in [-0.2, 0) is 6.42 Å². The normalized spacial score (nSPS) is 13.2. The van der Waals surface area contributed by atoms with Gasteiger partial charge < -0.3 is 4.74 Å². The fraction of sp³-hybridized carbons (Fsp3) is 0.118. The summed E-state index contributed by atoms with van der Waals surface area (Å²) in [6, 6.07) is 13.8. The standard InChI is InChI=1S/C17H12FNO2/c18-11-6-7-15-14(10-11)16-13(8-9-21-16)17(20)19(15)12-4-2-1-3-5-12/h1-7,10H,8-9H2. The van der Waals surface area contributed by atoms with Crippen molar-refractivity contribution in [1.82, 2.24) is 4.57 Å². The molecule has 2 heterocycles. The Bertz CT molecular complexity index is 900. The summed E-state index contributed by atoms with van der Waals surface area (Å²) in [6.45, 7) is 0.467. The van der Waals surface area contributed by atoms with E-state index < -0.39 is 0 Å². The van der Waals surface area contributed by atoms with Crippen molar-refractivity contribution in [2.24, 2.45) is 0 Å². The molecule has 0 unspecified atom stereocenters. The highest BCUT2D eigenvalue weighted by Crippen LogP contribution is 2.33. The highest BCUT2D eigenvalue weighted by Gasteiger charge is 2.23. The Hall–Kier alpha value is -2.62. The predicted molar refractivity (Wildman–Crippen MR) is 78.7 cm³/mol. The highest BCUT2D eigenvalue weighted by molar-refractivity contribution is 5.88. The first-order valence-corrected chi connectivity index (χ1v) is 6.81. The maximum absolute atomic E-state index is 13.6. The van der Waals surface area contributed by atoms with E-state index in [2.05, 4.69) is 0 Å². The SMILES string of the molecule is O=c1c2c(c3cc(F)ccc3n1-c1ccccc1)OCC2. The summed E-state index contributed by atoms with van der Waals surface area (Å²) in [4.78, 5) is 12.7. The Labute approximate surface area is 120 Å². The molecule has 0 N–H and O–H groups in total. The second-order valence-corrected chi connectivity index (χ2v) is 5.04. The average molecular weight is 281 g/mol. The summed E-state index contributed by atoms with van der Waals surface area (Å²) in [5.41, 5.74) is 1.96. The molecule has 1 aliphatic heterocycles. The van der Waals surface area contributed by atoms with Crippen LogP contribution in [0.4, 0.5) is 4.39 Å². The van der Waals surface area contributed by atoms with E-state index in [-0.39, 0.29) is 11.4 Å². The molecular formula is C17H12FNO2. The zero-order valence-electron chi connectivity index (χ0n) is 11.2. The van der Waals surface area contributed by atoms with Gasteiger partial charge in [-0.05, 0) is 30.3 Å². The van der Waals surface area contributed by atoms with Crippen molar-refractivity contribution in [2.75, 3.05) is 6.61 Å². The van der Waals surface area contributed by atoms with Crippen molar-refractivity contribution in [3.8, 4) is 11.4 Å². The Kier molecular flexibility index (Phi) is 2.57. The van der Waals surface area contributed by atoms with Crippen LogP contribution >= 0.6 is 0 Å². The molecule has 21 heavy (non-hydrogen) atoms. The fourth-order valence-corrected chi connectivity index (χ4v) is 2.86. The van der Waals surface area contributed by atoms with Gasteiger partial charge in [0.1, 0.15) is 11.6 Å². The van der Waals surface area contributed by atoms with Crippen LogP contribution in [-0.4, -0.2) is 11.2 Å². The number of nitrogens with zero attached hydrogens (tertiary/aromatic N) is 1. The van der Waals surface area contributed by atoms with Crippen LogP contribution in [0.1, 0.15) is 5.56 Å². The predicted octanol–water partition coefficient (Wildman–Crippen LogP) is 3.06. The van der Waals surface area contributed by atoms with Crippen LogP contribution in [0.5, 0.6) is 5.75 Å². The summed E-state index contributed by atoms with van der Waals surface area (Å²) in [7, 11) is 0. The summed E-state index contributed by atoms with van der Waals surface area (Å²) in [5.74, 6) is 0.195. The van der Waals surface area contributed by atoms with Crippen molar-refractivity contribution < 1.29 is 9.13 Å². The lowest BCUT2D eigenvalue weighted by molar-refractivity contribution is 0.360. The topological polar surface area (TPSA) is 31.2 Å². The molecule has 3 nitrogen and oxygen atoms in total. The third kappa shape index (κ3) is 1.76. The molecule has 3 aromatic rings. The number of para-hydroxylation sites is 1. The second-order valence-electron chi connectivity index (χ2n) is 5.04. The zero-order valence-corrected chi connectivity index (χ0v) is 11.2. The molecule has 104 valence electrons. The number of hydrogen-bond donors (Lipinski definition) is 0. The van der Waals surface area contributed by atoms with Gasteiger partial charge in [-0.25, -0.2) is 4.39 Å². The number of pyridine rings is 1. The summed E-state index contributed by atoms with van der Waals surface area (Å²) in [6.07, 6.45) is 0.563. The fourth-order valence-electron chi connectivity index (χ4n) is 2.86. The molecule has 2 aromatic carbocycles. The maximum Gasteiger partial charge on any atom is 0.262 e. The van der Waals surface area contributed by atoms with E-state index in [1.165, 1.54) is 12.1 Å². The molecule has 0 amide bonds. The minimum Gasteiger partial charge on any atom is -0.492 e. The van der Waals surface area contributed by atoms with Crippen molar-refractivity contribution in [3.63, 3.8) is 0 Å². The summed E-state index contributed by atoms with van der Waals surface area (Å²) >= 11 is 0. The van der Waals surface area contributed by atoms with Gasteiger partial charge in [-0.1, -0.05) is 18.2 Å². The second kappa shape index (κ2) is 4.45. The zero-order chi connectivity index (χ0) is 14.4. The molecule has 0 saturated carbocycles. The largest absolute Gasteiger partial charge is 0.492 e. The van der Waals surface area contributed by atoms with E-state index in [0.29, 0.717) is 35.2 Å². The van der Waals surface area contributed by atoms with E-state index >= 15 is 0 Å². The van der Waals surface area contributed by atoms with Gasteiger partial charge in [0.2, 0.25) is 0 Å². The van der Waals surface area contributed by atoms with Crippen molar-refractivity contribution in [1.29, 1.82) is 0 Å². The molecule has 0 spiro atoms. The minimum atomic E-state index is -0.335. The van der Waals surface area contributed by atoms with Gasteiger partial charge in [0.05, 0.1) is 17.7 Å². The molecule has 0 atom stereocenters. The highest BCUT2D eigenvalue weighted by atomic mass is 19.1. The third-order valence-electron chi connectivity index (χ3n) is 3.79. The monoisotopic (exact) mass is 281 g/mol. The first-order chi connectivity index (χ1) is 10.3. The molecule has 0 radical (unpaired) electrons. The van der Waals surface area contributed by atoms with E-state index in [0.717, 1.165) is 5.69 Å². The van der Waals surface area contributed by atoms with Crippen LogP contribution in [0.15, 0.2) is 53.3 Å². The number of halogens is 1. The lowest BCUT2D eigenvalue weighted by Crippen LogP contribution is -2.21. The van der Waals surface area contributed by atoms with E-state index in [1.54, 1.807) is 10.6 Å². The Morgan fingerprint density at radius 3 is 2.71 bits per heavy atom. The van der Waals surface area contributed by atoms with Crippen molar-refractivity contribution in [2.45, 2.75) is 6.42 Å². The number of ether oxygens (including phenoxy) is 1.